The summed E-state index contributed by atoms with van der Waals surface area (Å²) in [5.41, 5.74) is 0.843. The number of benzene rings is 1. The largest absolute Gasteiger partial charge is 0.395 e. The number of ether oxygens (including phenoxy) is 1. The van der Waals surface area contributed by atoms with Crippen LogP contribution in [0.2, 0.25) is 0 Å². The van der Waals surface area contributed by atoms with E-state index in [0.29, 0.717) is 25.4 Å². The molecule has 17 heavy (non-hydrogen) atoms. The van der Waals surface area contributed by atoms with Gasteiger partial charge in [-0.25, -0.2) is 4.39 Å². The molecule has 2 N–H and O–H groups in total. The van der Waals surface area contributed by atoms with Gasteiger partial charge >= 0.3 is 0 Å². The fraction of sp³-hybridized carbons (Fsp3) is 0.500. The molecule has 0 heterocycles. The van der Waals surface area contributed by atoms with Crippen molar-refractivity contribution in [3.05, 3.63) is 29.6 Å². The lowest BCUT2D eigenvalue weighted by Crippen LogP contribution is -2.31. The Kier molecular flexibility index (Phi) is 5.90. The van der Waals surface area contributed by atoms with Crippen LogP contribution in [0, 0.1) is 5.82 Å². The summed E-state index contributed by atoms with van der Waals surface area (Å²) in [4.78, 5) is 1.79. The zero-order chi connectivity index (χ0) is 12.7. The fourth-order valence-corrected chi connectivity index (χ4v) is 1.67. The van der Waals surface area contributed by atoms with Crippen LogP contribution in [0.5, 0.6) is 0 Å². The Morgan fingerprint density at radius 2 is 2.06 bits per heavy atom. The first-order valence-corrected chi connectivity index (χ1v) is 5.47. The number of halogens is 1. The maximum Gasteiger partial charge on any atom is 0.130 e. The van der Waals surface area contributed by atoms with E-state index in [0.717, 1.165) is 0 Å². The summed E-state index contributed by atoms with van der Waals surface area (Å²) >= 11 is 0. The number of hydrogen-bond acceptors (Lipinski definition) is 4. The topological polar surface area (TPSA) is 52.9 Å². The third-order valence-electron chi connectivity index (χ3n) is 2.53. The Morgan fingerprint density at radius 3 is 2.65 bits per heavy atom. The van der Waals surface area contributed by atoms with Crippen LogP contribution in [0.15, 0.2) is 18.2 Å². The Hall–Kier alpha value is -1.17. The molecule has 96 valence electrons. The number of hydrogen-bond donors (Lipinski definition) is 2. The van der Waals surface area contributed by atoms with Gasteiger partial charge in [0.2, 0.25) is 0 Å². The van der Waals surface area contributed by atoms with Crippen LogP contribution in [0.4, 0.5) is 10.1 Å². The smallest absolute Gasteiger partial charge is 0.130 e. The van der Waals surface area contributed by atoms with Gasteiger partial charge in [-0.1, -0.05) is 6.07 Å². The van der Waals surface area contributed by atoms with E-state index in [2.05, 4.69) is 0 Å². The molecule has 1 aromatic rings. The molecule has 0 aliphatic rings. The molecule has 1 rings (SSSR count). The average Bonchev–Trinajstić information content (AvgIpc) is 2.34. The molecule has 0 aromatic heterocycles. The van der Waals surface area contributed by atoms with Gasteiger partial charge in [0.25, 0.3) is 0 Å². The quantitative estimate of drug-likeness (QED) is 0.742. The first-order chi connectivity index (χ1) is 8.24. The summed E-state index contributed by atoms with van der Waals surface area (Å²) in [5, 5.41) is 18.2. The molecule has 0 fully saturated rings. The highest BCUT2D eigenvalue weighted by Gasteiger charge is 2.13. The van der Waals surface area contributed by atoms with E-state index in [4.69, 9.17) is 9.84 Å². The molecule has 4 nitrogen and oxygen atoms in total. The molecular formula is C12H18FNO3. The number of nitrogens with zero attached hydrogens (tertiary/aromatic N) is 1. The SMILES string of the molecule is COCCN(CCO)c1cccc(F)c1CO. The minimum atomic E-state index is -0.439. The lowest BCUT2D eigenvalue weighted by molar-refractivity contribution is 0.202. The number of rotatable bonds is 7. The van der Waals surface area contributed by atoms with Gasteiger partial charge in [0, 0.05) is 31.5 Å². The summed E-state index contributed by atoms with van der Waals surface area (Å²) in [6.45, 7) is 0.983. The van der Waals surface area contributed by atoms with Gasteiger partial charge in [-0.3, -0.25) is 0 Å². The minimum Gasteiger partial charge on any atom is -0.395 e. The molecule has 1 aromatic carbocycles. The summed E-state index contributed by atoms with van der Waals surface area (Å²) in [7, 11) is 1.58. The van der Waals surface area contributed by atoms with Crippen LogP contribution < -0.4 is 4.90 Å². The molecule has 0 amide bonds. The molecule has 0 unspecified atom stereocenters. The zero-order valence-electron chi connectivity index (χ0n) is 9.90. The van der Waals surface area contributed by atoms with E-state index < -0.39 is 5.82 Å². The third kappa shape index (κ3) is 3.66. The normalized spacial score (nSPS) is 10.6. The third-order valence-corrected chi connectivity index (χ3v) is 2.53. The van der Waals surface area contributed by atoms with E-state index in [1.165, 1.54) is 6.07 Å². The van der Waals surface area contributed by atoms with Crippen LogP contribution in [-0.4, -0.2) is 43.6 Å². The maximum absolute atomic E-state index is 13.5. The summed E-state index contributed by atoms with van der Waals surface area (Å²) in [6, 6.07) is 4.61. The Balaban J connectivity index is 2.95. The van der Waals surface area contributed by atoms with Gasteiger partial charge in [0.15, 0.2) is 0 Å². The van der Waals surface area contributed by atoms with Crippen molar-refractivity contribution in [2.45, 2.75) is 6.61 Å². The van der Waals surface area contributed by atoms with Crippen LogP contribution in [0.1, 0.15) is 5.56 Å². The van der Waals surface area contributed by atoms with E-state index in [-0.39, 0.29) is 18.8 Å². The summed E-state index contributed by atoms with van der Waals surface area (Å²) < 4.78 is 18.5. The van der Waals surface area contributed by atoms with Crippen molar-refractivity contribution in [1.82, 2.24) is 0 Å². The van der Waals surface area contributed by atoms with Crippen molar-refractivity contribution in [1.29, 1.82) is 0 Å². The first-order valence-electron chi connectivity index (χ1n) is 5.47. The van der Waals surface area contributed by atoms with Crippen LogP contribution in [0.25, 0.3) is 0 Å². The molecule has 0 aliphatic heterocycles. The highest BCUT2D eigenvalue weighted by molar-refractivity contribution is 5.54. The number of anilines is 1. The molecule has 0 saturated heterocycles. The monoisotopic (exact) mass is 243 g/mol. The number of aliphatic hydroxyl groups excluding tert-OH is 2. The van der Waals surface area contributed by atoms with Gasteiger partial charge in [-0.05, 0) is 12.1 Å². The number of methoxy groups -OCH3 is 1. The Morgan fingerprint density at radius 1 is 1.29 bits per heavy atom. The first kappa shape index (κ1) is 13.9. The Bertz CT molecular complexity index is 347. The van der Waals surface area contributed by atoms with Gasteiger partial charge in [0.05, 0.1) is 19.8 Å². The second-order valence-electron chi connectivity index (χ2n) is 3.60. The van der Waals surface area contributed by atoms with E-state index in [1.54, 1.807) is 24.1 Å². The molecule has 0 atom stereocenters. The van der Waals surface area contributed by atoms with E-state index >= 15 is 0 Å². The Labute approximate surface area is 100 Å². The molecular weight excluding hydrogens is 225 g/mol. The highest BCUT2D eigenvalue weighted by atomic mass is 19.1. The molecule has 0 radical (unpaired) electrons. The molecule has 0 aliphatic carbocycles. The summed E-state index contributed by atoms with van der Waals surface area (Å²) in [6.07, 6.45) is 0. The lowest BCUT2D eigenvalue weighted by atomic mass is 10.1. The van der Waals surface area contributed by atoms with Gasteiger partial charge in [0.1, 0.15) is 5.82 Å². The predicted molar refractivity (Wildman–Crippen MR) is 63.5 cm³/mol. The van der Waals surface area contributed by atoms with Crippen LogP contribution in [-0.2, 0) is 11.3 Å². The highest BCUT2D eigenvalue weighted by Crippen LogP contribution is 2.23. The van der Waals surface area contributed by atoms with E-state index in [9.17, 15) is 9.50 Å². The zero-order valence-corrected chi connectivity index (χ0v) is 9.90. The predicted octanol–water partition coefficient (Wildman–Crippen LogP) is 0.763. The molecule has 0 spiro atoms. The van der Waals surface area contributed by atoms with Crippen molar-refractivity contribution in [3.63, 3.8) is 0 Å². The van der Waals surface area contributed by atoms with Gasteiger partial charge < -0.3 is 19.8 Å². The van der Waals surface area contributed by atoms with Crippen molar-refractivity contribution in [2.24, 2.45) is 0 Å². The average molecular weight is 243 g/mol. The van der Waals surface area contributed by atoms with Gasteiger partial charge in [-0.2, -0.15) is 0 Å². The minimum absolute atomic E-state index is 0.0366. The lowest BCUT2D eigenvalue weighted by Gasteiger charge is -2.25. The molecule has 5 heteroatoms. The maximum atomic E-state index is 13.5. The van der Waals surface area contributed by atoms with Crippen molar-refractivity contribution < 1.29 is 19.3 Å². The number of aliphatic hydroxyl groups is 2. The second kappa shape index (κ2) is 7.21. The van der Waals surface area contributed by atoms with Gasteiger partial charge in [-0.15, -0.1) is 0 Å². The van der Waals surface area contributed by atoms with Crippen LogP contribution in [0.3, 0.4) is 0 Å². The van der Waals surface area contributed by atoms with Crippen molar-refractivity contribution in [2.75, 3.05) is 38.3 Å². The molecule has 0 saturated carbocycles. The summed E-state index contributed by atoms with van der Waals surface area (Å²) in [5.74, 6) is -0.439. The fourth-order valence-electron chi connectivity index (χ4n) is 1.67. The van der Waals surface area contributed by atoms with Crippen molar-refractivity contribution >= 4 is 5.69 Å². The van der Waals surface area contributed by atoms with Crippen LogP contribution >= 0.6 is 0 Å². The standard InChI is InChI=1S/C12H18FNO3/c1-17-8-6-14(5-7-15)12-4-2-3-11(13)10(12)9-16/h2-4,15-16H,5-9H2,1H3. The van der Waals surface area contributed by atoms with Crippen molar-refractivity contribution in [3.8, 4) is 0 Å². The van der Waals surface area contributed by atoms with E-state index in [1.807, 2.05) is 0 Å². The second-order valence-corrected chi connectivity index (χ2v) is 3.60. The molecule has 0 bridgehead atoms.